The highest BCUT2D eigenvalue weighted by Crippen LogP contribution is 2.36. The molecule has 2 aromatic carbocycles. The molecule has 4 aromatic rings. The summed E-state index contributed by atoms with van der Waals surface area (Å²) in [5, 5.41) is 9.68. The molecule has 0 amide bonds. The molecular formula is C22H20ClN3O4. The first-order valence-corrected chi connectivity index (χ1v) is 9.69. The Bertz CT molecular complexity index is 1280. The Kier molecular flexibility index (Phi) is 5.22. The molecule has 0 N–H and O–H groups in total. The fourth-order valence-electron chi connectivity index (χ4n) is 3.42. The largest absolute Gasteiger partial charge is 0.497 e. The van der Waals surface area contributed by atoms with Gasteiger partial charge in [0.2, 0.25) is 5.58 Å². The lowest BCUT2D eigenvalue weighted by atomic mass is 10.1. The van der Waals surface area contributed by atoms with E-state index < -0.39 is 0 Å². The van der Waals surface area contributed by atoms with Gasteiger partial charge in [-0.15, -0.1) is 0 Å². The molecule has 0 saturated heterocycles. The van der Waals surface area contributed by atoms with Crippen molar-refractivity contribution in [2.45, 2.75) is 19.9 Å². The monoisotopic (exact) mass is 425 g/mol. The average Bonchev–Trinajstić information content (AvgIpc) is 3.16. The van der Waals surface area contributed by atoms with Gasteiger partial charge < -0.3 is 14.0 Å². The van der Waals surface area contributed by atoms with Crippen LogP contribution in [-0.2, 0) is 0 Å². The highest BCUT2D eigenvalue weighted by Gasteiger charge is 2.24. The molecular weight excluding hydrogens is 406 g/mol. The van der Waals surface area contributed by atoms with Crippen LogP contribution in [0.2, 0.25) is 5.02 Å². The van der Waals surface area contributed by atoms with Crippen LogP contribution in [0.3, 0.4) is 0 Å². The number of ether oxygens (including phenoxy) is 2. The first kappa shape index (κ1) is 20.0. The van der Waals surface area contributed by atoms with E-state index >= 15 is 0 Å². The molecule has 7 nitrogen and oxygen atoms in total. The average molecular weight is 426 g/mol. The van der Waals surface area contributed by atoms with Crippen molar-refractivity contribution in [1.29, 1.82) is 0 Å². The van der Waals surface area contributed by atoms with Crippen molar-refractivity contribution >= 4 is 22.6 Å². The lowest BCUT2D eigenvalue weighted by Gasteiger charge is -2.17. The van der Waals surface area contributed by atoms with Crippen LogP contribution in [0.25, 0.3) is 22.2 Å². The molecule has 0 aliphatic heterocycles. The number of hydrogen-bond acceptors (Lipinski definition) is 6. The zero-order valence-electron chi connectivity index (χ0n) is 17.0. The summed E-state index contributed by atoms with van der Waals surface area (Å²) >= 11 is 6.01. The Morgan fingerprint density at radius 1 is 1.10 bits per heavy atom. The molecule has 30 heavy (non-hydrogen) atoms. The van der Waals surface area contributed by atoms with Gasteiger partial charge in [0.15, 0.2) is 0 Å². The summed E-state index contributed by atoms with van der Waals surface area (Å²) in [6, 6.07) is 12.3. The predicted octanol–water partition coefficient (Wildman–Crippen LogP) is 4.64. The lowest BCUT2D eigenvalue weighted by Crippen LogP contribution is -2.27. The van der Waals surface area contributed by atoms with Crippen LogP contribution in [0.4, 0.5) is 0 Å². The third kappa shape index (κ3) is 3.31. The molecule has 154 valence electrons. The third-order valence-electron chi connectivity index (χ3n) is 5.09. The minimum Gasteiger partial charge on any atom is -0.497 e. The van der Waals surface area contributed by atoms with Gasteiger partial charge in [-0.3, -0.25) is 4.79 Å². The molecule has 4 rings (SSSR count). The Hall–Kier alpha value is -3.32. The van der Waals surface area contributed by atoms with Crippen LogP contribution in [0.1, 0.15) is 24.2 Å². The van der Waals surface area contributed by atoms with E-state index in [0.29, 0.717) is 44.4 Å². The molecule has 0 spiro atoms. The second-order valence-corrected chi connectivity index (χ2v) is 7.30. The topological polar surface area (TPSA) is 79.4 Å². The summed E-state index contributed by atoms with van der Waals surface area (Å²) in [5.74, 6) is 1.20. The van der Waals surface area contributed by atoms with Crippen LogP contribution < -0.4 is 15.0 Å². The zero-order chi connectivity index (χ0) is 21.4. The number of nitrogens with zero attached hydrogens (tertiary/aromatic N) is 3. The minimum atomic E-state index is -0.344. The number of aryl methyl sites for hydroxylation is 1. The van der Waals surface area contributed by atoms with E-state index in [2.05, 4.69) is 10.3 Å². The van der Waals surface area contributed by atoms with Crippen molar-refractivity contribution in [2.24, 2.45) is 0 Å². The number of fused-ring (bicyclic) bond motifs is 1. The molecule has 0 bridgehead atoms. The SMILES string of the molecule is COc1ccc(OC)c(-c2nn(C(C)c3ccc(Cl)cc3)c(=O)c3c(C)noc23)c1. The van der Waals surface area contributed by atoms with E-state index in [1.54, 1.807) is 51.5 Å². The van der Waals surface area contributed by atoms with Crippen LogP contribution in [0, 0.1) is 6.92 Å². The fraction of sp³-hybridized carbons (Fsp3) is 0.227. The molecule has 0 saturated carbocycles. The van der Waals surface area contributed by atoms with Gasteiger partial charge in [0.25, 0.3) is 5.56 Å². The second-order valence-electron chi connectivity index (χ2n) is 6.86. The van der Waals surface area contributed by atoms with Crippen LogP contribution in [0.15, 0.2) is 51.8 Å². The van der Waals surface area contributed by atoms with Crippen LogP contribution in [-0.4, -0.2) is 29.2 Å². The summed E-state index contributed by atoms with van der Waals surface area (Å²) < 4.78 is 17.8. The molecule has 0 radical (unpaired) electrons. The number of rotatable bonds is 5. The van der Waals surface area contributed by atoms with E-state index in [0.717, 1.165) is 5.56 Å². The van der Waals surface area contributed by atoms with Crippen LogP contribution >= 0.6 is 11.6 Å². The maximum Gasteiger partial charge on any atom is 0.280 e. The van der Waals surface area contributed by atoms with Gasteiger partial charge in [-0.1, -0.05) is 28.9 Å². The predicted molar refractivity (Wildman–Crippen MR) is 115 cm³/mol. The number of hydrogen-bond donors (Lipinski definition) is 0. The quantitative estimate of drug-likeness (QED) is 0.463. The zero-order valence-corrected chi connectivity index (χ0v) is 17.7. The maximum atomic E-state index is 13.3. The summed E-state index contributed by atoms with van der Waals surface area (Å²) in [6.07, 6.45) is 0. The van der Waals surface area contributed by atoms with Crippen molar-refractivity contribution in [3.63, 3.8) is 0 Å². The molecule has 0 aliphatic carbocycles. The van der Waals surface area contributed by atoms with Gasteiger partial charge >= 0.3 is 0 Å². The second kappa shape index (κ2) is 7.84. The highest BCUT2D eigenvalue weighted by molar-refractivity contribution is 6.30. The first-order chi connectivity index (χ1) is 14.4. The van der Waals surface area contributed by atoms with Crippen molar-refractivity contribution in [2.75, 3.05) is 14.2 Å². The molecule has 1 unspecified atom stereocenters. The minimum absolute atomic E-state index is 0.281. The van der Waals surface area contributed by atoms with Gasteiger partial charge in [0.05, 0.1) is 31.5 Å². The van der Waals surface area contributed by atoms with Crippen molar-refractivity contribution in [3.05, 3.63) is 69.1 Å². The molecule has 2 aromatic heterocycles. The summed E-state index contributed by atoms with van der Waals surface area (Å²) in [5.41, 5.74) is 2.50. The summed E-state index contributed by atoms with van der Waals surface area (Å²) in [7, 11) is 3.15. The number of methoxy groups -OCH3 is 2. The Morgan fingerprint density at radius 3 is 2.50 bits per heavy atom. The smallest absolute Gasteiger partial charge is 0.280 e. The Balaban J connectivity index is 2.01. The van der Waals surface area contributed by atoms with Gasteiger partial charge in [0.1, 0.15) is 22.6 Å². The van der Waals surface area contributed by atoms with Gasteiger partial charge in [-0.05, 0) is 49.7 Å². The standard InChI is InChI=1S/C22H20ClN3O4/c1-12-19-21(30-25-12)20(17-11-16(28-3)9-10-18(17)29-4)24-26(22(19)27)13(2)14-5-7-15(23)8-6-14/h5-11,13H,1-4H3. The number of aromatic nitrogens is 3. The van der Waals surface area contributed by atoms with Gasteiger partial charge in [-0.2, -0.15) is 5.10 Å². The maximum absolute atomic E-state index is 13.3. The third-order valence-corrected chi connectivity index (χ3v) is 5.34. The van der Waals surface area contributed by atoms with E-state index in [1.807, 2.05) is 19.1 Å². The normalized spacial score (nSPS) is 12.2. The molecule has 8 heteroatoms. The summed E-state index contributed by atoms with van der Waals surface area (Å²) in [6.45, 7) is 3.63. The van der Waals surface area contributed by atoms with Crippen molar-refractivity contribution in [1.82, 2.24) is 14.9 Å². The number of halogens is 1. The van der Waals surface area contributed by atoms with E-state index in [1.165, 1.54) is 4.68 Å². The highest BCUT2D eigenvalue weighted by atomic mass is 35.5. The Morgan fingerprint density at radius 2 is 1.83 bits per heavy atom. The fourth-order valence-corrected chi connectivity index (χ4v) is 3.54. The molecule has 0 aliphatic rings. The Labute approximate surface area is 177 Å². The van der Waals surface area contributed by atoms with Gasteiger partial charge in [0, 0.05) is 5.02 Å². The molecule has 2 heterocycles. The van der Waals surface area contributed by atoms with E-state index in [9.17, 15) is 4.79 Å². The van der Waals surface area contributed by atoms with Crippen LogP contribution in [0.5, 0.6) is 11.5 Å². The first-order valence-electron chi connectivity index (χ1n) is 9.31. The number of benzene rings is 2. The summed E-state index contributed by atoms with van der Waals surface area (Å²) in [4.78, 5) is 13.3. The molecule has 0 fully saturated rings. The van der Waals surface area contributed by atoms with Gasteiger partial charge in [-0.25, -0.2) is 4.68 Å². The van der Waals surface area contributed by atoms with Crippen molar-refractivity contribution in [3.8, 4) is 22.8 Å². The van der Waals surface area contributed by atoms with E-state index in [4.69, 9.17) is 25.6 Å². The molecule has 1 atom stereocenters. The van der Waals surface area contributed by atoms with Crippen molar-refractivity contribution < 1.29 is 14.0 Å². The lowest BCUT2D eigenvalue weighted by molar-refractivity contribution is 0.403. The van der Waals surface area contributed by atoms with E-state index in [-0.39, 0.29) is 11.6 Å².